The first kappa shape index (κ1) is 14.7. The summed E-state index contributed by atoms with van der Waals surface area (Å²) in [4.78, 5) is 33.2. The van der Waals surface area contributed by atoms with E-state index in [1.165, 1.54) is 0 Å². The van der Waals surface area contributed by atoms with Crippen LogP contribution in [0.1, 0.15) is 0 Å². The highest BCUT2D eigenvalue weighted by molar-refractivity contribution is 6.05. The first-order valence-electron chi connectivity index (χ1n) is 6.83. The van der Waals surface area contributed by atoms with Gasteiger partial charge in [0.1, 0.15) is 5.82 Å². The lowest BCUT2D eigenvalue weighted by Crippen LogP contribution is -2.38. The molecule has 4 N–H and O–H groups in total. The van der Waals surface area contributed by atoms with Crippen molar-refractivity contribution in [3.63, 3.8) is 0 Å². The molecule has 0 aliphatic rings. The van der Waals surface area contributed by atoms with E-state index in [0.717, 1.165) is 28.9 Å². The summed E-state index contributed by atoms with van der Waals surface area (Å²) in [6.07, 6.45) is 3.90. The van der Waals surface area contributed by atoms with Gasteiger partial charge >= 0.3 is 6.03 Å². The lowest BCUT2D eigenvalue weighted by Gasteiger charge is -2.17. The number of hydrogen-bond acceptors (Lipinski definition) is 3. The van der Waals surface area contributed by atoms with E-state index in [1.54, 1.807) is 18.5 Å². The number of amides is 3. The van der Waals surface area contributed by atoms with Gasteiger partial charge in [-0.1, -0.05) is 0 Å². The number of anilines is 1. The Morgan fingerprint density at radius 1 is 1.17 bits per heavy atom. The number of urea groups is 1. The number of hydrogen-bond donors (Lipinski definition) is 4. The topological polar surface area (TPSA) is 108 Å². The van der Waals surface area contributed by atoms with Crippen molar-refractivity contribution in [1.82, 2.24) is 20.0 Å². The van der Waals surface area contributed by atoms with Gasteiger partial charge in [0.15, 0.2) is 0 Å². The predicted molar refractivity (Wildman–Crippen MR) is 83.9 cm³/mol. The Kier molecular flexibility index (Phi) is 3.73. The Bertz CT molecular complexity index is 751. The van der Waals surface area contributed by atoms with Crippen LogP contribution in [-0.4, -0.2) is 44.7 Å². The molecule has 0 aliphatic carbocycles. The Morgan fingerprint density at radius 3 is 2.35 bits per heavy atom. The zero-order valence-corrected chi connectivity index (χ0v) is 12.3. The molecule has 23 heavy (non-hydrogen) atoms. The van der Waals surface area contributed by atoms with Gasteiger partial charge in [0.05, 0.1) is 11.4 Å². The number of nitrogens with zero attached hydrogens (tertiary/aromatic N) is 2. The molecule has 0 aliphatic heterocycles. The highest BCUT2D eigenvalue weighted by Gasteiger charge is 2.23. The van der Waals surface area contributed by atoms with Gasteiger partial charge in [-0.2, -0.15) is 0 Å². The number of rotatable bonds is 4. The molecule has 3 aromatic heterocycles. The van der Waals surface area contributed by atoms with E-state index in [9.17, 15) is 14.8 Å². The van der Waals surface area contributed by atoms with Crippen molar-refractivity contribution in [3.05, 3.63) is 42.7 Å². The molecule has 8 nitrogen and oxygen atoms in total. The average molecular weight is 313 g/mol. The van der Waals surface area contributed by atoms with Crippen LogP contribution in [-0.2, 0) is 4.79 Å². The maximum absolute atomic E-state index is 11.9. The zero-order valence-electron chi connectivity index (χ0n) is 12.3. The van der Waals surface area contributed by atoms with Gasteiger partial charge in [0, 0.05) is 30.7 Å². The van der Waals surface area contributed by atoms with E-state index in [4.69, 9.17) is 0 Å². The molecule has 0 atom stereocenters. The molecule has 8 heteroatoms. The summed E-state index contributed by atoms with van der Waals surface area (Å²) in [5.41, 5.74) is 3.13. The van der Waals surface area contributed by atoms with E-state index >= 15 is 0 Å². The minimum Gasteiger partial charge on any atom is -0.361 e. The van der Waals surface area contributed by atoms with Crippen molar-refractivity contribution in [1.29, 1.82) is 0 Å². The lowest BCUT2D eigenvalue weighted by molar-refractivity contribution is -0.107. The van der Waals surface area contributed by atoms with Crippen molar-refractivity contribution < 1.29 is 14.8 Å². The molecular formula is C15H15N5O3. The van der Waals surface area contributed by atoms with Gasteiger partial charge in [-0.15, -0.1) is 0 Å². The highest BCUT2D eigenvalue weighted by Crippen LogP contribution is 2.33. The molecule has 0 unspecified atom stereocenters. The van der Waals surface area contributed by atoms with Crippen LogP contribution in [0.25, 0.3) is 22.6 Å². The van der Waals surface area contributed by atoms with Gasteiger partial charge in [0.25, 0.3) is 0 Å². The number of nitrogens with one attached hydrogen (secondary N) is 3. The third kappa shape index (κ3) is 2.62. The first-order chi connectivity index (χ1) is 11.1. The molecule has 0 fully saturated rings. The van der Waals surface area contributed by atoms with E-state index < -0.39 is 6.03 Å². The van der Waals surface area contributed by atoms with Crippen molar-refractivity contribution in [2.45, 2.75) is 0 Å². The fourth-order valence-electron chi connectivity index (χ4n) is 2.34. The van der Waals surface area contributed by atoms with Crippen LogP contribution >= 0.6 is 0 Å². The number of H-pyrrole nitrogens is 3. The van der Waals surface area contributed by atoms with Gasteiger partial charge in [0.2, 0.25) is 6.41 Å². The van der Waals surface area contributed by atoms with E-state index in [-0.39, 0.29) is 5.82 Å². The average Bonchev–Trinajstić information content (AvgIpc) is 3.27. The summed E-state index contributed by atoms with van der Waals surface area (Å²) < 4.78 is 0. The van der Waals surface area contributed by atoms with Gasteiger partial charge < -0.3 is 15.0 Å². The van der Waals surface area contributed by atoms with Crippen molar-refractivity contribution in [3.8, 4) is 22.6 Å². The van der Waals surface area contributed by atoms with Gasteiger partial charge in [-0.3, -0.25) is 10.0 Å². The summed E-state index contributed by atoms with van der Waals surface area (Å²) in [5.74, 6) is 0.250. The third-order valence-electron chi connectivity index (χ3n) is 3.41. The quantitative estimate of drug-likeness (QED) is 0.337. The van der Waals surface area contributed by atoms with Crippen LogP contribution in [0.2, 0.25) is 0 Å². The molecule has 0 saturated heterocycles. The Balaban J connectivity index is 2.11. The molecule has 0 saturated carbocycles. The zero-order chi connectivity index (χ0) is 16.4. The van der Waals surface area contributed by atoms with Crippen molar-refractivity contribution >= 4 is 18.3 Å². The predicted octanol–water partition coefficient (Wildman–Crippen LogP) is 2.41. The Labute approximate surface area is 131 Å². The summed E-state index contributed by atoms with van der Waals surface area (Å²) in [6, 6.07) is 8.25. The van der Waals surface area contributed by atoms with Crippen LogP contribution in [0, 0.1) is 0 Å². The van der Waals surface area contributed by atoms with Crippen LogP contribution in [0.5, 0.6) is 0 Å². The monoisotopic (exact) mass is 313 g/mol. The fourth-order valence-corrected chi connectivity index (χ4v) is 2.34. The molecule has 3 rings (SSSR count). The lowest BCUT2D eigenvalue weighted by atomic mass is 10.1. The smallest absolute Gasteiger partial charge is 0.355 e. The van der Waals surface area contributed by atoms with Crippen LogP contribution in [0.3, 0.4) is 0 Å². The number of carbonyl (C=O) groups excluding carboxylic acids is 2. The maximum atomic E-state index is 11.9. The first-order valence-corrected chi connectivity index (χ1v) is 6.83. The van der Waals surface area contributed by atoms with E-state index in [2.05, 4.69) is 15.0 Å². The van der Waals surface area contributed by atoms with Gasteiger partial charge in [-0.25, -0.2) is 14.8 Å². The molecule has 0 bridgehead atoms. The SMILES string of the molecule is CN(O)C(=O)N(C=O)c1cc(-c2ccc[nH]2)c(-c2ccc[nH]2)[nH]1. The van der Waals surface area contributed by atoms with Crippen LogP contribution < -0.4 is 4.90 Å². The molecule has 0 radical (unpaired) electrons. The summed E-state index contributed by atoms with van der Waals surface area (Å²) >= 11 is 0. The maximum Gasteiger partial charge on any atom is 0.355 e. The molecule has 0 aromatic carbocycles. The fraction of sp³-hybridized carbons (Fsp3) is 0.0667. The minimum absolute atomic E-state index is 0.250. The standard InChI is InChI=1S/C15H15N5O3/c1-19(23)15(22)20(9-21)13-8-10(11-4-2-6-16-11)14(18-13)12-5-3-7-17-12/h2-9,16-18,23H,1H3. The second-order valence-corrected chi connectivity index (χ2v) is 4.89. The minimum atomic E-state index is -0.864. The van der Waals surface area contributed by atoms with Crippen LogP contribution in [0.4, 0.5) is 10.6 Å². The van der Waals surface area contributed by atoms with Gasteiger partial charge in [-0.05, 0) is 30.3 Å². The second-order valence-electron chi connectivity index (χ2n) is 4.89. The number of imide groups is 1. The molecular weight excluding hydrogens is 298 g/mol. The second kappa shape index (κ2) is 5.85. The molecule has 118 valence electrons. The number of carbonyl (C=O) groups is 2. The molecule has 3 heterocycles. The Morgan fingerprint density at radius 2 is 1.83 bits per heavy atom. The van der Waals surface area contributed by atoms with Crippen LogP contribution in [0.15, 0.2) is 42.7 Å². The molecule has 0 spiro atoms. The normalized spacial score (nSPS) is 10.5. The van der Waals surface area contributed by atoms with Crippen molar-refractivity contribution in [2.75, 3.05) is 11.9 Å². The Hall–Kier alpha value is -3.26. The molecule has 3 amide bonds. The number of aromatic nitrogens is 3. The van der Waals surface area contributed by atoms with E-state index in [0.29, 0.717) is 17.2 Å². The number of hydroxylamine groups is 2. The highest BCUT2D eigenvalue weighted by atomic mass is 16.5. The third-order valence-corrected chi connectivity index (χ3v) is 3.41. The summed E-state index contributed by atoms with van der Waals surface area (Å²) in [6.45, 7) is 0. The number of aromatic amines is 3. The summed E-state index contributed by atoms with van der Waals surface area (Å²) in [7, 11) is 1.15. The molecule has 3 aromatic rings. The van der Waals surface area contributed by atoms with E-state index in [1.807, 2.05) is 24.3 Å². The largest absolute Gasteiger partial charge is 0.361 e. The van der Waals surface area contributed by atoms with Crippen molar-refractivity contribution in [2.24, 2.45) is 0 Å². The summed E-state index contributed by atoms with van der Waals surface area (Å²) in [5, 5.41) is 9.63.